The summed E-state index contributed by atoms with van der Waals surface area (Å²) in [5, 5.41) is 0. The summed E-state index contributed by atoms with van der Waals surface area (Å²) in [4.78, 5) is 2.25. The fourth-order valence-electron chi connectivity index (χ4n) is 2.17. The first kappa shape index (κ1) is 14.2. The van der Waals surface area contributed by atoms with E-state index in [0.717, 1.165) is 32.5 Å². The lowest BCUT2D eigenvalue weighted by molar-refractivity contribution is 0.173. The van der Waals surface area contributed by atoms with Gasteiger partial charge in [-0.2, -0.15) is 0 Å². The summed E-state index contributed by atoms with van der Waals surface area (Å²) in [5.41, 5.74) is 5.85. The number of nitrogens with two attached hydrogens (primary N) is 1. The van der Waals surface area contributed by atoms with Gasteiger partial charge in [-0.3, -0.25) is 4.90 Å². The van der Waals surface area contributed by atoms with Gasteiger partial charge in [0.1, 0.15) is 24.0 Å². The maximum absolute atomic E-state index is 13.3. The monoisotopic (exact) mass is 270 g/mol. The topological polar surface area (TPSA) is 38.5 Å². The van der Waals surface area contributed by atoms with Gasteiger partial charge in [0.25, 0.3) is 0 Å². The number of rotatable bonds is 4. The van der Waals surface area contributed by atoms with Crippen molar-refractivity contribution in [3.8, 4) is 5.75 Å². The molecule has 0 saturated carbocycles. The molecule has 3 nitrogen and oxygen atoms in total. The van der Waals surface area contributed by atoms with Crippen molar-refractivity contribution in [1.82, 2.24) is 4.90 Å². The molecule has 1 aromatic rings. The standard InChI is InChI=1S/C14H20F2N2O/c1-10-13(15)8-12(9-14(10)16)19-7-6-18-4-2-11(17)3-5-18/h8-9,11H,2-7,17H2,1H3. The molecule has 5 heteroatoms. The van der Waals surface area contributed by atoms with E-state index in [9.17, 15) is 8.78 Å². The van der Waals surface area contributed by atoms with Crippen molar-refractivity contribution < 1.29 is 13.5 Å². The largest absolute Gasteiger partial charge is 0.492 e. The van der Waals surface area contributed by atoms with Gasteiger partial charge in [-0.15, -0.1) is 0 Å². The second-order valence-electron chi connectivity index (χ2n) is 5.04. The van der Waals surface area contributed by atoms with Crippen LogP contribution >= 0.6 is 0 Å². The molecule has 0 aromatic heterocycles. The molecule has 0 bridgehead atoms. The van der Waals surface area contributed by atoms with Crippen LogP contribution in [-0.4, -0.2) is 37.2 Å². The van der Waals surface area contributed by atoms with Gasteiger partial charge >= 0.3 is 0 Å². The Morgan fingerprint density at radius 3 is 2.42 bits per heavy atom. The molecular weight excluding hydrogens is 250 g/mol. The van der Waals surface area contributed by atoms with Gasteiger partial charge in [0.05, 0.1) is 0 Å². The molecule has 106 valence electrons. The fourth-order valence-corrected chi connectivity index (χ4v) is 2.17. The number of hydrogen-bond acceptors (Lipinski definition) is 3. The summed E-state index contributed by atoms with van der Waals surface area (Å²) in [6, 6.07) is 2.76. The molecule has 0 amide bonds. The number of halogens is 2. The lowest BCUT2D eigenvalue weighted by atomic mass is 10.1. The van der Waals surface area contributed by atoms with Gasteiger partial charge < -0.3 is 10.5 Å². The highest BCUT2D eigenvalue weighted by molar-refractivity contribution is 5.29. The van der Waals surface area contributed by atoms with E-state index < -0.39 is 11.6 Å². The maximum Gasteiger partial charge on any atom is 0.132 e. The number of piperidine rings is 1. The van der Waals surface area contributed by atoms with Gasteiger partial charge in [-0.05, 0) is 32.9 Å². The van der Waals surface area contributed by atoms with E-state index in [1.807, 2.05) is 0 Å². The van der Waals surface area contributed by atoms with Crippen LogP contribution < -0.4 is 10.5 Å². The zero-order valence-electron chi connectivity index (χ0n) is 11.2. The molecule has 1 aliphatic rings. The van der Waals surface area contributed by atoms with Crippen LogP contribution in [-0.2, 0) is 0 Å². The Kier molecular flexibility index (Phi) is 4.71. The number of ether oxygens (including phenoxy) is 1. The van der Waals surface area contributed by atoms with Crippen LogP contribution in [0.15, 0.2) is 12.1 Å². The average Bonchev–Trinajstić information content (AvgIpc) is 2.38. The number of nitrogens with zero attached hydrogens (tertiary/aromatic N) is 1. The van der Waals surface area contributed by atoms with Gasteiger partial charge in [0.15, 0.2) is 0 Å². The summed E-state index contributed by atoms with van der Waals surface area (Å²) in [7, 11) is 0. The molecule has 2 N–H and O–H groups in total. The Morgan fingerprint density at radius 2 is 1.84 bits per heavy atom. The molecular formula is C14H20F2N2O. The Balaban J connectivity index is 1.79. The Hall–Kier alpha value is -1.20. The van der Waals surface area contributed by atoms with Gasteiger partial charge in [-0.25, -0.2) is 8.78 Å². The predicted molar refractivity (Wildman–Crippen MR) is 70.2 cm³/mol. The lowest BCUT2D eigenvalue weighted by Crippen LogP contribution is -2.41. The molecule has 1 heterocycles. The second kappa shape index (κ2) is 6.30. The van der Waals surface area contributed by atoms with Crippen molar-refractivity contribution in [3.63, 3.8) is 0 Å². The lowest BCUT2D eigenvalue weighted by Gasteiger charge is -2.29. The predicted octanol–water partition coefficient (Wildman–Crippen LogP) is 2.08. The first-order valence-electron chi connectivity index (χ1n) is 6.62. The SMILES string of the molecule is Cc1c(F)cc(OCCN2CCC(N)CC2)cc1F. The molecule has 1 saturated heterocycles. The maximum atomic E-state index is 13.3. The van der Waals surface area contributed by atoms with Crippen molar-refractivity contribution in [2.24, 2.45) is 5.73 Å². The smallest absolute Gasteiger partial charge is 0.132 e. The molecule has 1 fully saturated rings. The molecule has 2 rings (SSSR count). The molecule has 0 unspecified atom stereocenters. The number of likely N-dealkylation sites (tertiary alicyclic amines) is 1. The van der Waals surface area contributed by atoms with Crippen molar-refractivity contribution in [2.45, 2.75) is 25.8 Å². The molecule has 0 aliphatic carbocycles. The molecule has 1 aliphatic heterocycles. The second-order valence-corrected chi connectivity index (χ2v) is 5.04. The van der Waals surface area contributed by atoms with Gasteiger partial charge in [0.2, 0.25) is 0 Å². The Morgan fingerprint density at radius 1 is 1.26 bits per heavy atom. The normalized spacial score (nSPS) is 17.7. The van der Waals surface area contributed by atoms with Crippen molar-refractivity contribution in [1.29, 1.82) is 0 Å². The van der Waals surface area contributed by atoms with Crippen LogP contribution in [0.5, 0.6) is 5.75 Å². The van der Waals surface area contributed by atoms with E-state index in [2.05, 4.69) is 4.90 Å². The van der Waals surface area contributed by atoms with Crippen molar-refractivity contribution in [3.05, 3.63) is 29.3 Å². The Labute approximate surface area is 112 Å². The molecule has 0 radical (unpaired) electrons. The van der Waals surface area contributed by atoms with Crippen molar-refractivity contribution in [2.75, 3.05) is 26.2 Å². The highest BCUT2D eigenvalue weighted by atomic mass is 19.1. The summed E-state index contributed by atoms with van der Waals surface area (Å²) >= 11 is 0. The van der Waals surface area contributed by atoms with E-state index in [1.54, 1.807) is 0 Å². The zero-order valence-corrected chi connectivity index (χ0v) is 11.2. The number of benzene rings is 1. The summed E-state index contributed by atoms with van der Waals surface area (Å²) < 4.78 is 32.0. The van der Waals surface area contributed by atoms with Crippen LogP contribution in [0.1, 0.15) is 18.4 Å². The molecule has 19 heavy (non-hydrogen) atoms. The highest BCUT2D eigenvalue weighted by Crippen LogP contribution is 2.19. The van der Waals surface area contributed by atoms with E-state index in [0.29, 0.717) is 12.6 Å². The summed E-state index contributed by atoms with van der Waals surface area (Å²) in [5.74, 6) is -0.896. The fraction of sp³-hybridized carbons (Fsp3) is 0.571. The van der Waals surface area contributed by atoms with Crippen LogP contribution in [0, 0.1) is 18.6 Å². The van der Waals surface area contributed by atoms with E-state index in [-0.39, 0.29) is 11.3 Å². The average molecular weight is 270 g/mol. The third kappa shape index (κ3) is 3.88. The molecule has 0 spiro atoms. The van der Waals surface area contributed by atoms with E-state index in [1.165, 1.54) is 19.1 Å². The van der Waals surface area contributed by atoms with Gasteiger partial charge in [-0.1, -0.05) is 0 Å². The van der Waals surface area contributed by atoms with Crippen LogP contribution in [0.25, 0.3) is 0 Å². The van der Waals surface area contributed by atoms with Crippen LogP contribution in [0.2, 0.25) is 0 Å². The highest BCUT2D eigenvalue weighted by Gasteiger charge is 2.15. The number of hydrogen-bond donors (Lipinski definition) is 1. The molecule has 1 aromatic carbocycles. The third-order valence-corrected chi connectivity index (χ3v) is 3.56. The van der Waals surface area contributed by atoms with Crippen molar-refractivity contribution >= 4 is 0 Å². The summed E-state index contributed by atoms with van der Waals surface area (Å²) in [6.45, 7) is 4.51. The minimum Gasteiger partial charge on any atom is -0.492 e. The zero-order chi connectivity index (χ0) is 13.8. The van der Waals surface area contributed by atoms with Gasteiger partial charge in [0, 0.05) is 30.3 Å². The van der Waals surface area contributed by atoms with Crippen LogP contribution in [0.4, 0.5) is 8.78 Å². The van der Waals surface area contributed by atoms with E-state index in [4.69, 9.17) is 10.5 Å². The third-order valence-electron chi connectivity index (χ3n) is 3.56. The molecule has 0 atom stereocenters. The van der Waals surface area contributed by atoms with Crippen LogP contribution in [0.3, 0.4) is 0 Å². The minimum atomic E-state index is -0.570. The van der Waals surface area contributed by atoms with E-state index >= 15 is 0 Å². The first-order valence-corrected chi connectivity index (χ1v) is 6.62. The first-order chi connectivity index (χ1) is 9.06. The minimum absolute atomic E-state index is 0.0253. The summed E-state index contributed by atoms with van der Waals surface area (Å²) in [6.07, 6.45) is 1.99. The quantitative estimate of drug-likeness (QED) is 0.910. The Bertz CT molecular complexity index is 408.